The number of nitrogens with zero attached hydrogens (tertiary/aromatic N) is 3. The summed E-state index contributed by atoms with van der Waals surface area (Å²) in [5.74, 6) is -0.912. The summed E-state index contributed by atoms with van der Waals surface area (Å²) in [5, 5.41) is 13.9. The predicted molar refractivity (Wildman–Crippen MR) is 96.6 cm³/mol. The van der Waals surface area contributed by atoms with Crippen LogP contribution in [0.15, 0.2) is 52.5 Å². The first-order chi connectivity index (χ1) is 14.1. The van der Waals surface area contributed by atoms with Crippen LogP contribution < -0.4 is 16.0 Å². The molecule has 0 aliphatic rings. The zero-order chi connectivity index (χ0) is 22.3. The average molecular weight is 428 g/mol. The molecular weight excluding hydrogens is 413 g/mol. The number of amidine groups is 1. The molecule has 0 aliphatic heterocycles. The van der Waals surface area contributed by atoms with E-state index in [1.807, 2.05) is 0 Å². The van der Waals surface area contributed by atoms with Crippen LogP contribution in [0.25, 0.3) is 0 Å². The number of aryl methyl sites for hydroxylation is 1. The SMILES string of the molecule is N/C(COc1ccc([N+](=O)[O-])cc1)=N/OC(=O)CCn1cc(C(F)(F)F)ccc1=O. The van der Waals surface area contributed by atoms with E-state index in [4.69, 9.17) is 10.5 Å². The molecule has 2 aromatic rings. The summed E-state index contributed by atoms with van der Waals surface area (Å²) >= 11 is 0. The third-order valence-electron chi connectivity index (χ3n) is 3.57. The molecule has 2 rings (SSSR count). The maximum absolute atomic E-state index is 12.7. The van der Waals surface area contributed by atoms with Crippen molar-refractivity contribution in [2.75, 3.05) is 6.61 Å². The van der Waals surface area contributed by atoms with E-state index in [1.165, 1.54) is 24.3 Å². The Morgan fingerprint density at radius 1 is 1.20 bits per heavy atom. The van der Waals surface area contributed by atoms with Gasteiger partial charge in [0.15, 0.2) is 5.84 Å². The van der Waals surface area contributed by atoms with Gasteiger partial charge in [0, 0.05) is 30.9 Å². The predicted octanol–water partition coefficient (Wildman–Crippen LogP) is 2.06. The van der Waals surface area contributed by atoms with Gasteiger partial charge in [-0.15, -0.1) is 0 Å². The second-order valence-electron chi connectivity index (χ2n) is 5.78. The number of benzene rings is 1. The summed E-state index contributed by atoms with van der Waals surface area (Å²) in [4.78, 5) is 37.8. The molecule has 0 aliphatic carbocycles. The Morgan fingerprint density at radius 2 is 1.87 bits per heavy atom. The first-order valence-corrected chi connectivity index (χ1v) is 8.23. The van der Waals surface area contributed by atoms with Crippen LogP contribution in [0.1, 0.15) is 12.0 Å². The highest BCUT2D eigenvalue weighted by Crippen LogP contribution is 2.28. The number of carbonyl (C=O) groups is 1. The average Bonchev–Trinajstić information content (AvgIpc) is 2.69. The number of oxime groups is 1. The Kier molecular flexibility index (Phi) is 7.12. The highest BCUT2D eigenvalue weighted by atomic mass is 19.4. The molecule has 0 spiro atoms. The van der Waals surface area contributed by atoms with E-state index in [0.29, 0.717) is 12.3 Å². The summed E-state index contributed by atoms with van der Waals surface area (Å²) in [5.41, 5.74) is 3.64. The van der Waals surface area contributed by atoms with Crippen LogP contribution in [0.3, 0.4) is 0 Å². The molecular formula is C17H15F3N4O6. The van der Waals surface area contributed by atoms with E-state index < -0.39 is 34.6 Å². The number of alkyl halides is 3. The second-order valence-corrected chi connectivity index (χ2v) is 5.78. The number of nitro benzene ring substituents is 1. The molecule has 0 unspecified atom stereocenters. The maximum atomic E-state index is 12.7. The van der Waals surface area contributed by atoms with Gasteiger partial charge in [0.05, 0.1) is 16.9 Å². The van der Waals surface area contributed by atoms with Gasteiger partial charge < -0.3 is 19.9 Å². The first-order valence-electron chi connectivity index (χ1n) is 8.23. The Balaban J connectivity index is 1.84. The van der Waals surface area contributed by atoms with Gasteiger partial charge in [0.25, 0.3) is 11.2 Å². The molecule has 0 amide bonds. The van der Waals surface area contributed by atoms with Crippen molar-refractivity contribution < 1.29 is 32.5 Å². The fourth-order valence-corrected chi connectivity index (χ4v) is 2.09. The van der Waals surface area contributed by atoms with E-state index in [1.54, 1.807) is 0 Å². The zero-order valence-electron chi connectivity index (χ0n) is 15.2. The molecule has 0 bridgehead atoms. The van der Waals surface area contributed by atoms with Gasteiger partial charge in [-0.25, -0.2) is 4.79 Å². The molecule has 0 saturated heterocycles. The minimum Gasteiger partial charge on any atom is -0.486 e. The van der Waals surface area contributed by atoms with Gasteiger partial charge in [-0.05, 0) is 18.2 Å². The number of carbonyl (C=O) groups excluding carboxylic acids is 1. The van der Waals surface area contributed by atoms with Gasteiger partial charge in [-0.3, -0.25) is 14.9 Å². The molecule has 2 N–H and O–H groups in total. The number of rotatable bonds is 8. The summed E-state index contributed by atoms with van der Waals surface area (Å²) in [6.45, 7) is -0.644. The molecule has 0 fully saturated rings. The quantitative estimate of drug-likeness (QED) is 0.223. The lowest BCUT2D eigenvalue weighted by molar-refractivity contribution is -0.384. The number of nitro groups is 1. The van der Waals surface area contributed by atoms with Crippen molar-refractivity contribution in [1.29, 1.82) is 0 Å². The molecule has 13 heteroatoms. The van der Waals surface area contributed by atoms with Crippen molar-refractivity contribution in [1.82, 2.24) is 4.57 Å². The fraction of sp³-hybridized carbons (Fsp3) is 0.235. The van der Waals surface area contributed by atoms with Crippen molar-refractivity contribution in [2.45, 2.75) is 19.1 Å². The van der Waals surface area contributed by atoms with E-state index in [2.05, 4.69) is 9.99 Å². The summed E-state index contributed by atoms with van der Waals surface area (Å²) < 4.78 is 44.0. The van der Waals surface area contributed by atoms with E-state index in [9.17, 15) is 32.9 Å². The summed E-state index contributed by atoms with van der Waals surface area (Å²) in [6, 6.07) is 6.51. The van der Waals surface area contributed by atoms with Crippen LogP contribution in [0.5, 0.6) is 5.75 Å². The fourth-order valence-electron chi connectivity index (χ4n) is 2.09. The summed E-state index contributed by atoms with van der Waals surface area (Å²) in [7, 11) is 0. The van der Waals surface area contributed by atoms with Crippen molar-refractivity contribution in [3.63, 3.8) is 0 Å². The zero-order valence-corrected chi connectivity index (χ0v) is 15.2. The van der Waals surface area contributed by atoms with Gasteiger partial charge in [0.1, 0.15) is 12.4 Å². The standard InChI is InChI=1S/C17H15F3N4O6/c18-17(19,20)11-1-6-15(25)23(9-11)8-7-16(26)30-22-14(21)10-29-13-4-2-12(3-5-13)24(27)28/h1-6,9H,7-8,10H2,(H2,21,22). The van der Waals surface area contributed by atoms with Crippen LogP contribution in [0, 0.1) is 10.1 Å². The Morgan fingerprint density at radius 3 is 2.47 bits per heavy atom. The normalized spacial score (nSPS) is 11.8. The maximum Gasteiger partial charge on any atom is 0.417 e. The Hall–Kier alpha value is -3.90. The van der Waals surface area contributed by atoms with Gasteiger partial charge >= 0.3 is 12.1 Å². The van der Waals surface area contributed by atoms with Crippen LogP contribution >= 0.6 is 0 Å². The third-order valence-corrected chi connectivity index (χ3v) is 3.57. The minimum absolute atomic E-state index is 0.127. The Bertz CT molecular complexity index is 1000. The van der Waals surface area contributed by atoms with E-state index in [-0.39, 0.29) is 30.4 Å². The number of halogens is 3. The number of hydrogen-bond acceptors (Lipinski definition) is 7. The van der Waals surface area contributed by atoms with Crippen LogP contribution in [0.2, 0.25) is 0 Å². The Labute approximate surface area is 166 Å². The lowest BCUT2D eigenvalue weighted by Gasteiger charge is -2.10. The van der Waals surface area contributed by atoms with Crippen LogP contribution in [0.4, 0.5) is 18.9 Å². The van der Waals surface area contributed by atoms with Gasteiger partial charge in [0.2, 0.25) is 0 Å². The number of non-ortho nitro benzene ring substituents is 1. The molecule has 1 aromatic carbocycles. The number of nitrogens with two attached hydrogens (primary N) is 1. The van der Waals surface area contributed by atoms with E-state index >= 15 is 0 Å². The van der Waals surface area contributed by atoms with Crippen molar-refractivity contribution >= 4 is 17.5 Å². The summed E-state index contributed by atoms with van der Waals surface area (Å²) in [6.07, 6.45) is -4.45. The molecule has 1 aromatic heterocycles. The molecule has 30 heavy (non-hydrogen) atoms. The van der Waals surface area contributed by atoms with Crippen molar-refractivity contribution in [3.8, 4) is 5.75 Å². The lowest BCUT2D eigenvalue weighted by atomic mass is 10.2. The molecule has 160 valence electrons. The third kappa shape index (κ3) is 6.61. The first kappa shape index (κ1) is 22.4. The molecule has 1 heterocycles. The molecule has 0 atom stereocenters. The topological polar surface area (TPSA) is 139 Å². The van der Waals surface area contributed by atoms with Gasteiger partial charge in [-0.1, -0.05) is 5.16 Å². The number of hydrogen-bond donors (Lipinski definition) is 1. The second kappa shape index (κ2) is 9.54. The highest BCUT2D eigenvalue weighted by molar-refractivity contribution is 5.82. The van der Waals surface area contributed by atoms with Gasteiger partial charge in [-0.2, -0.15) is 13.2 Å². The largest absolute Gasteiger partial charge is 0.486 e. The van der Waals surface area contributed by atoms with E-state index in [0.717, 1.165) is 10.6 Å². The molecule has 0 radical (unpaired) electrons. The molecule has 0 saturated carbocycles. The minimum atomic E-state index is -4.63. The number of aromatic nitrogens is 1. The van der Waals surface area contributed by atoms with Crippen LogP contribution in [-0.4, -0.2) is 27.9 Å². The lowest BCUT2D eigenvalue weighted by Crippen LogP contribution is -2.24. The monoisotopic (exact) mass is 428 g/mol. The molecule has 10 nitrogen and oxygen atoms in total. The van der Waals surface area contributed by atoms with Crippen LogP contribution in [-0.2, 0) is 22.4 Å². The van der Waals surface area contributed by atoms with Crippen molar-refractivity contribution in [3.05, 3.63) is 68.6 Å². The smallest absolute Gasteiger partial charge is 0.417 e. The number of ether oxygens (including phenoxy) is 1. The number of pyridine rings is 1. The highest BCUT2D eigenvalue weighted by Gasteiger charge is 2.31. The van der Waals surface area contributed by atoms with Crippen molar-refractivity contribution in [2.24, 2.45) is 10.9 Å².